The maximum absolute atomic E-state index is 12.4. The van der Waals surface area contributed by atoms with E-state index in [2.05, 4.69) is 37.2 Å². The molecule has 5 nitrogen and oxygen atoms in total. The summed E-state index contributed by atoms with van der Waals surface area (Å²) in [7, 11) is 1.55. The minimum atomic E-state index is -0.496. The molecule has 0 unspecified atom stereocenters. The number of carbonyl (C=O) groups excluding carboxylic acids is 1. The Hall–Kier alpha value is -2.30. The SMILES string of the molecule is CCOc1cc(/C=C(/C#N)C(=O)Nc2ccccc2Br)cc(Br)c1OC. The number of hydrogen-bond acceptors (Lipinski definition) is 4. The number of para-hydroxylation sites is 1. The molecule has 26 heavy (non-hydrogen) atoms. The molecule has 0 saturated heterocycles. The summed E-state index contributed by atoms with van der Waals surface area (Å²) in [5.41, 5.74) is 1.20. The lowest BCUT2D eigenvalue weighted by Gasteiger charge is -2.12. The first kappa shape index (κ1) is 20.0. The molecule has 2 aromatic rings. The summed E-state index contributed by atoms with van der Waals surface area (Å²) in [4.78, 5) is 12.4. The van der Waals surface area contributed by atoms with E-state index in [1.165, 1.54) is 6.08 Å². The summed E-state index contributed by atoms with van der Waals surface area (Å²) in [6.07, 6.45) is 1.50. The number of amides is 1. The van der Waals surface area contributed by atoms with E-state index in [-0.39, 0.29) is 5.57 Å². The van der Waals surface area contributed by atoms with Crippen LogP contribution >= 0.6 is 31.9 Å². The van der Waals surface area contributed by atoms with E-state index in [1.54, 1.807) is 37.4 Å². The average molecular weight is 480 g/mol. The Kier molecular flexibility index (Phi) is 7.25. The Morgan fingerprint density at radius 2 is 2.00 bits per heavy atom. The van der Waals surface area contributed by atoms with Gasteiger partial charge in [0, 0.05) is 4.47 Å². The first-order chi connectivity index (χ1) is 12.5. The van der Waals surface area contributed by atoms with Crippen molar-refractivity contribution in [2.45, 2.75) is 6.92 Å². The van der Waals surface area contributed by atoms with Gasteiger partial charge in [0.1, 0.15) is 11.6 Å². The van der Waals surface area contributed by atoms with Crippen LogP contribution in [0.15, 0.2) is 50.9 Å². The molecule has 1 N–H and O–H groups in total. The molecule has 0 aliphatic carbocycles. The predicted molar refractivity (Wildman–Crippen MR) is 108 cm³/mol. The van der Waals surface area contributed by atoms with Crippen molar-refractivity contribution in [3.8, 4) is 17.6 Å². The maximum Gasteiger partial charge on any atom is 0.266 e. The van der Waals surface area contributed by atoms with Gasteiger partial charge in [0.15, 0.2) is 11.5 Å². The van der Waals surface area contributed by atoms with Gasteiger partial charge in [-0.05, 0) is 74.7 Å². The number of benzene rings is 2. The summed E-state index contributed by atoms with van der Waals surface area (Å²) < 4.78 is 12.3. The summed E-state index contributed by atoms with van der Waals surface area (Å²) in [6.45, 7) is 2.32. The topological polar surface area (TPSA) is 71.3 Å². The van der Waals surface area contributed by atoms with E-state index >= 15 is 0 Å². The van der Waals surface area contributed by atoms with Gasteiger partial charge >= 0.3 is 0 Å². The molecular formula is C19H16Br2N2O3. The second-order valence-electron chi connectivity index (χ2n) is 5.07. The molecule has 0 spiro atoms. The van der Waals surface area contributed by atoms with Gasteiger partial charge in [-0.2, -0.15) is 5.26 Å². The van der Waals surface area contributed by atoms with E-state index in [9.17, 15) is 10.1 Å². The lowest BCUT2D eigenvalue weighted by molar-refractivity contribution is -0.112. The van der Waals surface area contributed by atoms with Crippen LogP contribution in [0, 0.1) is 11.3 Å². The van der Waals surface area contributed by atoms with Crippen molar-refractivity contribution < 1.29 is 14.3 Å². The molecule has 0 bridgehead atoms. The van der Waals surface area contributed by atoms with E-state index in [0.717, 1.165) is 4.47 Å². The van der Waals surface area contributed by atoms with Crippen molar-refractivity contribution in [1.29, 1.82) is 5.26 Å². The molecule has 134 valence electrons. The van der Waals surface area contributed by atoms with E-state index in [0.29, 0.717) is 33.8 Å². The van der Waals surface area contributed by atoms with Crippen molar-refractivity contribution in [2.75, 3.05) is 19.0 Å². The van der Waals surface area contributed by atoms with Gasteiger partial charge in [0.05, 0.1) is 23.9 Å². The predicted octanol–water partition coefficient (Wildman–Crippen LogP) is 5.16. The van der Waals surface area contributed by atoms with Crippen LogP contribution < -0.4 is 14.8 Å². The van der Waals surface area contributed by atoms with Crippen molar-refractivity contribution >= 4 is 49.5 Å². The zero-order valence-electron chi connectivity index (χ0n) is 14.2. The lowest BCUT2D eigenvalue weighted by Crippen LogP contribution is -2.13. The lowest BCUT2D eigenvalue weighted by atomic mass is 10.1. The fourth-order valence-electron chi connectivity index (χ4n) is 2.20. The Bertz CT molecular complexity index is 889. The Morgan fingerprint density at radius 1 is 1.27 bits per heavy atom. The zero-order valence-corrected chi connectivity index (χ0v) is 17.3. The van der Waals surface area contributed by atoms with Gasteiger partial charge in [-0.15, -0.1) is 0 Å². The van der Waals surface area contributed by atoms with Crippen molar-refractivity contribution in [2.24, 2.45) is 0 Å². The van der Waals surface area contributed by atoms with Crippen molar-refractivity contribution in [1.82, 2.24) is 0 Å². The van der Waals surface area contributed by atoms with Gasteiger partial charge in [-0.3, -0.25) is 4.79 Å². The zero-order chi connectivity index (χ0) is 19.1. The highest BCUT2D eigenvalue weighted by atomic mass is 79.9. The van der Waals surface area contributed by atoms with Gasteiger partial charge < -0.3 is 14.8 Å². The van der Waals surface area contributed by atoms with E-state index < -0.39 is 5.91 Å². The minimum absolute atomic E-state index is 0.0275. The van der Waals surface area contributed by atoms with Crippen molar-refractivity contribution in [3.05, 3.63) is 56.5 Å². The highest BCUT2D eigenvalue weighted by molar-refractivity contribution is 9.11. The fourth-order valence-corrected chi connectivity index (χ4v) is 3.21. The van der Waals surface area contributed by atoms with Crippen LogP contribution in [-0.2, 0) is 4.79 Å². The van der Waals surface area contributed by atoms with Crippen LogP contribution in [0.3, 0.4) is 0 Å². The molecule has 0 saturated carbocycles. The number of halogens is 2. The first-order valence-corrected chi connectivity index (χ1v) is 9.26. The third-order valence-corrected chi connectivity index (χ3v) is 4.61. The number of nitriles is 1. The van der Waals surface area contributed by atoms with Crippen LogP contribution in [0.2, 0.25) is 0 Å². The second kappa shape index (κ2) is 9.41. The molecule has 2 aromatic carbocycles. The Balaban J connectivity index is 2.35. The highest BCUT2D eigenvalue weighted by Crippen LogP contribution is 2.37. The van der Waals surface area contributed by atoms with Crippen LogP contribution in [0.4, 0.5) is 5.69 Å². The number of nitrogens with one attached hydrogen (secondary N) is 1. The minimum Gasteiger partial charge on any atom is -0.492 e. The molecule has 7 heteroatoms. The smallest absolute Gasteiger partial charge is 0.266 e. The van der Waals surface area contributed by atoms with E-state index in [4.69, 9.17) is 9.47 Å². The quantitative estimate of drug-likeness (QED) is 0.458. The molecule has 0 aliphatic heterocycles. The largest absolute Gasteiger partial charge is 0.492 e. The summed E-state index contributed by atoms with van der Waals surface area (Å²) in [5, 5.41) is 12.1. The monoisotopic (exact) mass is 478 g/mol. The van der Waals surface area contributed by atoms with Crippen LogP contribution in [0.25, 0.3) is 6.08 Å². The fraction of sp³-hybridized carbons (Fsp3) is 0.158. The van der Waals surface area contributed by atoms with Gasteiger partial charge in [-0.25, -0.2) is 0 Å². The summed E-state index contributed by atoms with van der Waals surface area (Å²) >= 11 is 6.78. The highest BCUT2D eigenvalue weighted by Gasteiger charge is 2.14. The molecule has 0 aromatic heterocycles. The molecule has 0 fully saturated rings. The maximum atomic E-state index is 12.4. The molecule has 1 amide bonds. The standard InChI is InChI=1S/C19H16Br2N2O3/c1-3-26-17-10-12(9-15(21)18(17)25-2)8-13(11-22)19(24)23-16-7-5-4-6-14(16)20/h4-10H,3H2,1-2H3,(H,23,24)/b13-8-. The average Bonchev–Trinajstić information content (AvgIpc) is 2.61. The number of carbonyl (C=O) groups is 1. The normalized spacial score (nSPS) is 10.8. The Labute approximate surface area is 168 Å². The van der Waals surface area contributed by atoms with Gasteiger partial charge in [0.2, 0.25) is 0 Å². The third-order valence-electron chi connectivity index (χ3n) is 3.33. The molecular weight excluding hydrogens is 464 g/mol. The van der Waals surface area contributed by atoms with E-state index in [1.807, 2.05) is 19.1 Å². The number of anilines is 1. The molecule has 0 atom stereocenters. The van der Waals surface area contributed by atoms with Gasteiger partial charge in [0.25, 0.3) is 5.91 Å². The third kappa shape index (κ3) is 4.87. The number of ether oxygens (including phenoxy) is 2. The Morgan fingerprint density at radius 3 is 2.62 bits per heavy atom. The first-order valence-electron chi connectivity index (χ1n) is 7.68. The molecule has 0 aliphatic rings. The van der Waals surface area contributed by atoms with Crippen LogP contribution in [0.5, 0.6) is 11.5 Å². The number of methoxy groups -OCH3 is 1. The van der Waals surface area contributed by atoms with Crippen LogP contribution in [0.1, 0.15) is 12.5 Å². The summed E-state index contributed by atoms with van der Waals surface area (Å²) in [6, 6.07) is 12.6. The van der Waals surface area contributed by atoms with Crippen molar-refractivity contribution in [3.63, 3.8) is 0 Å². The number of nitrogens with zero attached hydrogens (tertiary/aromatic N) is 1. The number of rotatable bonds is 6. The summed E-state index contributed by atoms with van der Waals surface area (Å²) in [5.74, 6) is 0.587. The molecule has 0 heterocycles. The number of hydrogen-bond donors (Lipinski definition) is 1. The second-order valence-corrected chi connectivity index (χ2v) is 6.78. The molecule has 0 radical (unpaired) electrons. The van der Waals surface area contributed by atoms with Crippen LogP contribution in [-0.4, -0.2) is 19.6 Å². The van der Waals surface area contributed by atoms with Gasteiger partial charge in [-0.1, -0.05) is 12.1 Å². The molecule has 2 rings (SSSR count).